The first-order valence-corrected chi connectivity index (χ1v) is 9.16. The number of fused-ring (bicyclic) bond motifs is 2. The lowest BCUT2D eigenvalue weighted by molar-refractivity contribution is -0.150. The van der Waals surface area contributed by atoms with E-state index in [2.05, 4.69) is 12.7 Å². The SMILES string of the molecule is C=C1CC23C=CC(=O)C(C)(CCC(=O)OCC(O)CO)C2CC1CC3. The molecule has 0 saturated heterocycles. The molecule has 0 aliphatic heterocycles. The third kappa shape index (κ3) is 3.20. The van der Waals surface area contributed by atoms with E-state index in [4.69, 9.17) is 9.84 Å². The molecule has 3 fully saturated rings. The molecule has 4 rings (SSSR count). The van der Waals surface area contributed by atoms with E-state index in [1.54, 1.807) is 6.08 Å². The number of hydrogen-bond acceptors (Lipinski definition) is 5. The van der Waals surface area contributed by atoms with E-state index in [1.807, 2.05) is 6.92 Å². The van der Waals surface area contributed by atoms with E-state index in [9.17, 15) is 14.7 Å². The summed E-state index contributed by atoms with van der Waals surface area (Å²) in [5.74, 6) is 0.412. The summed E-state index contributed by atoms with van der Waals surface area (Å²) in [4.78, 5) is 24.7. The van der Waals surface area contributed by atoms with Crippen LogP contribution in [-0.4, -0.2) is 41.3 Å². The van der Waals surface area contributed by atoms with E-state index in [0.29, 0.717) is 12.3 Å². The molecule has 3 saturated carbocycles. The number of ether oxygens (including phenoxy) is 1. The zero-order chi connectivity index (χ0) is 18.2. The van der Waals surface area contributed by atoms with Crippen molar-refractivity contribution in [1.82, 2.24) is 0 Å². The van der Waals surface area contributed by atoms with Crippen LogP contribution >= 0.6 is 0 Å². The number of aliphatic hydroxyl groups excluding tert-OH is 2. The third-order valence-electron chi connectivity index (χ3n) is 6.70. The van der Waals surface area contributed by atoms with Crippen LogP contribution in [0.4, 0.5) is 0 Å². The number of esters is 1. The Labute approximate surface area is 148 Å². The Kier molecular flexibility index (Phi) is 4.91. The van der Waals surface area contributed by atoms with Gasteiger partial charge in [0.25, 0.3) is 0 Å². The topological polar surface area (TPSA) is 83.8 Å². The van der Waals surface area contributed by atoms with Crippen molar-refractivity contribution in [2.75, 3.05) is 13.2 Å². The van der Waals surface area contributed by atoms with Gasteiger partial charge in [-0.25, -0.2) is 0 Å². The van der Waals surface area contributed by atoms with Crippen molar-refractivity contribution in [3.63, 3.8) is 0 Å². The van der Waals surface area contributed by atoms with Crippen LogP contribution < -0.4 is 0 Å². The predicted molar refractivity (Wildman–Crippen MR) is 92.6 cm³/mol. The van der Waals surface area contributed by atoms with E-state index in [0.717, 1.165) is 25.7 Å². The molecule has 0 aromatic heterocycles. The Balaban J connectivity index is 1.70. The van der Waals surface area contributed by atoms with Gasteiger partial charge >= 0.3 is 5.97 Å². The number of aliphatic hydroxyl groups is 2. The lowest BCUT2D eigenvalue weighted by Crippen LogP contribution is -2.54. The molecule has 0 amide bonds. The van der Waals surface area contributed by atoms with Crippen molar-refractivity contribution in [2.45, 2.75) is 51.6 Å². The Morgan fingerprint density at radius 1 is 1.52 bits per heavy atom. The van der Waals surface area contributed by atoms with Crippen LogP contribution in [0.25, 0.3) is 0 Å². The number of carbonyl (C=O) groups excluding carboxylic acids is 2. The van der Waals surface area contributed by atoms with Gasteiger partial charge in [-0.1, -0.05) is 25.2 Å². The van der Waals surface area contributed by atoms with Crippen molar-refractivity contribution >= 4 is 11.8 Å². The van der Waals surface area contributed by atoms with Crippen LogP contribution in [0, 0.1) is 22.7 Å². The molecule has 0 aromatic carbocycles. The van der Waals surface area contributed by atoms with E-state index in [-0.39, 0.29) is 30.1 Å². The van der Waals surface area contributed by atoms with Gasteiger partial charge in [-0.3, -0.25) is 9.59 Å². The van der Waals surface area contributed by atoms with E-state index < -0.39 is 24.1 Å². The fourth-order valence-corrected chi connectivity index (χ4v) is 5.13. The number of rotatable bonds is 6. The first kappa shape index (κ1) is 18.3. The van der Waals surface area contributed by atoms with Crippen LogP contribution in [0.3, 0.4) is 0 Å². The van der Waals surface area contributed by atoms with Gasteiger partial charge in [-0.05, 0) is 55.4 Å². The highest BCUT2D eigenvalue weighted by Crippen LogP contribution is 2.64. The van der Waals surface area contributed by atoms with Gasteiger partial charge in [0, 0.05) is 11.8 Å². The second-order valence-corrected chi connectivity index (χ2v) is 8.23. The van der Waals surface area contributed by atoms with Gasteiger partial charge in [0.15, 0.2) is 5.78 Å². The normalized spacial score (nSPS) is 37.7. The van der Waals surface area contributed by atoms with Crippen LogP contribution in [0.2, 0.25) is 0 Å². The summed E-state index contributed by atoms with van der Waals surface area (Å²) in [5.41, 5.74) is 0.773. The van der Waals surface area contributed by atoms with Crippen LogP contribution in [0.5, 0.6) is 0 Å². The van der Waals surface area contributed by atoms with Crippen LogP contribution in [-0.2, 0) is 14.3 Å². The summed E-state index contributed by atoms with van der Waals surface area (Å²) in [6, 6.07) is 0. The summed E-state index contributed by atoms with van der Waals surface area (Å²) < 4.78 is 4.99. The number of hydrogen-bond donors (Lipinski definition) is 2. The molecule has 25 heavy (non-hydrogen) atoms. The maximum atomic E-state index is 12.7. The molecule has 2 bridgehead atoms. The van der Waals surface area contributed by atoms with Crippen LogP contribution in [0.15, 0.2) is 24.3 Å². The Morgan fingerprint density at radius 3 is 2.96 bits per heavy atom. The molecule has 0 heterocycles. The van der Waals surface area contributed by atoms with Gasteiger partial charge < -0.3 is 14.9 Å². The van der Waals surface area contributed by atoms with Crippen molar-refractivity contribution in [3.8, 4) is 0 Å². The molecule has 0 aromatic rings. The monoisotopic (exact) mass is 348 g/mol. The molecule has 5 nitrogen and oxygen atoms in total. The highest BCUT2D eigenvalue weighted by Gasteiger charge is 2.58. The zero-order valence-electron chi connectivity index (χ0n) is 14.9. The second kappa shape index (κ2) is 6.69. The minimum Gasteiger partial charge on any atom is -0.463 e. The molecule has 4 aliphatic carbocycles. The highest BCUT2D eigenvalue weighted by atomic mass is 16.5. The average Bonchev–Trinajstić information content (AvgIpc) is 2.61. The lowest BCUT2D eigenvalue weighted by Gasteiger charge is -2.59. The molecule has 4 aliphatic rings. The molecular formula is C20H28O5. The maximum absolute atomic E-state index is 12.7. The minimum absolute atomic E-state index is 0.0193. The number of ketones is 1. The van der Waals surface area contributed by atoms with E-state index in [1.165, 1.54) is 5.57 Å². The summed E-state index contributed by atoms with van der Waals surface area (Å²) >= 11 is 0. The van der Waals surface area contributed by atoms with Gasteiger partial charge in [0.05, 0.1) is 6.61 Å². The van der Waals surface area contributed by atoms with E-state index >= 15 is 0 Å². The lowest BCUT2D eigenvalue weighted by atomic mass is 9.44. The second-order valence-electron chi connectivity index (χ2n) is 8.23. The molecule has 138 valence electrons. The Bertz CT molecular complexity index is 609. The molecule has 5 unspecified atom stereocenters. The molecule has 0 radical (unpaired) electrons. The molecular weight excluding hydrogens is 320 g/mol. The Morgan fingerprint density at radius 2 is 2.28 bits per heavy atom. The molecule has 2 N–H and O–H groups in total. The first-order chi connectivity index (χ1) is 11.8. The largest absolute Gasteiger partial charge is 0.463 e. The van der Waals surface area contributed by atoms with Gasteiger partial charge in [0.2, 0.25) is 0 Å². The quantitative estimate of drug-likeness (QED) is 0.568. The summed E-state index contributed by atoms with van der Waals surface area (Å²) in [5, 5.41) is 18.0. The van der Waals surface area contributed by atoms with Crippen molar-refractivity contribution in [3.05, 3.63) is 24.3 Å². The predicted octanol–water partition coefficient (Wildman–Crippen LogP) is 2.17. The zero-order valence-corrected chi connectivity index (χ0v) is 14.9. The van der Waals surface area contributed by atoms with Gasteiger partial charge in [0.1, 0.15) is 12.7 Å². The van der Waals surface area contributed by atoms with Crippen molar-refractivity contribution < 1.29 is 24.5 Å². The summed E-state index contributed by atoms with van der Waals surface area (Å²) in [6.45, 7) is 5.57. The third-order valence-corrected chi connectivity index (χ3v) is 6.70. The number of allylic oxidation sites excluding steroid dienone is 3. The summed E-state index contributed by atoms with van der Waals surface area (Å²) in [7, 11) is 0. The maximum Gasteiger partial charge on any atom is 0.305 e. The Hall–Kier alpha value is -1.46. The van der Waals surface area contributed by atoms with Gasteiger partial charge in [-0.2, -0.15) is 0 Å². The minimum atomic E-state index is -1.05. The standard InChI is InChI=1S/C20H28O5/c1-13-10-20-7-3-14(13)9-16(20)19(2,17(23)4-8-20)6-5-18(24)25-12-15(22)11-21/h4,8,14-16,21-22H,1,3,5-7,9-12H2,2H3. The smallest absolute Gasteiger partial charge is 0.305 e. The van der Waals surface area contributed by atoms with Crippen LogP contribution in [0.1, 0.15) is 45.4 Å². The van der Waals surface area contributed by atoms with Crippen molar-refractivity contribution in [1.29, 1.82) is 0 Å². The average molecular weight is 348 g/mol. The highest BCUT2D eigenvalue weighted by molar-refractivity contribution is 5.96. The fraction of sp³-hybridized carbons (Fsp3) is 0.700. The fourth-order valence-electron chi connectivity index (χ4n) is 5.13. The number of carbonyl (C=O) groups is 2. The molecule has 5 atom stereocenters. The van der Waals surface area contributed by atoms with Crippen molar-refractivity contribution in [2.24, 2.45) is 22.7 Å². The summed E-state index contributed by atoms with van der Waals surface area (Å²) in [6.07, 6.45) is 7.54. The van der Waals surface area contributed by atoms with Gasteiger partial charge in [-0.15, -0.1) is 0 Å². The molecule has 5 heteroatoms. The first-order valence-electron chi connectivity index (χ1n) is 9.16. The molecule has 1 spiro atoms.